The maximum atomic E-state index is 4.66. The summed E-state index contributed by atoms with van der Waals surface area (Å²) in [6, 6.07) is 0. The summed E-state index contributed by atoms with van der Waals surface area (Å²) in [6.07, 6.45) is 13.1. The van der Waals surface area contributed by atoms with E-state index in [0.29, 0.717) is 0 Å². The molecule has 0 aliphatic heterocycles. The van der Waals surface area contributed by atoms with Gasteiger partial charge in [-0.25, -0.2) is 0 Å². The van der Waals surface area contributed by atoms with Crippen molar-refractivity contribution < 1.29 is 9.05 Å². The highest BCUT2D eigenvalue weighted by Gasteiger charge is 1.72. The van der Waals surface area contributed by atoms with E-state index in [0.717, 1.165) is 0 Å². The summed E-state index contributed by atoms with van der Waals surface area (Å²) in [7, 11) is -0.240. The fraction of sp³-hybridized carbons (Fsp3) is 0. The largest absolute Gasteiger partial charge is 0.388 e. The van der Waals surface area contributed by atoms with E-state index in [4.69, 9.17) is 0 Å². The van der Waals surface area contributed by atoms with Gasteiger partial charge < -0.3 is 9.05 Å². The van der Waals surface area contributed by atoms with Crippen molar-refractivity contribution in [3.8, 4) is 25.1 Å². The molecule has 0 aromatic rings. The zero-order valence-electron chi connectivity index (χ0n) is 3.47. The Hall–Kier alpha value is -0.850. The molecule has 0 aromatic carbocycles. The average Bonchev–Trinajstić information content (AvgIpc) is 1.69. The molecule has 0 saturated heterocycles. The van der Waals surface area contributed by atoms with Gasteiger partial charge in [0.15, 0.2) is 0 Å². The van der Waals surface area contributed by atoms with E-state index in [1.807, 2.05) is 12.2 Å². The third kappa shape index (κ3) is 5.15. The molecule has 0 aromatic heterocycles. The number of rotatable bonds is 2. The second-order valence-corrected chi connectivity index (χ2v) is 1.10. The molecule has 36 valence electrons. The Labute approximate surface area is 44.1 Å². The van der Waals surface area contributed by atoms with Gasteiger partial charge >= 0.3 is 0 Å². The highest BCUT2D eigenvalue weighted by atomic mass is 31.1. The maximum Gasteiger partial charge on any atom is 0.295 e. The fourth-order valence-electron chi connectivity index (χ4n) is 0.0689. The summed E-state index contributed by atoms with van der Waals surface area (Å²) in [5.41, 5.74) is 0. The number of hydrogen-bond acceptors (Lipinski definition) is 2. The highest BCUT2D eigenvalue weighted by Crippen LogP contribution is 2.09. The van der Waals surface area contributed by atoms with Gasteiger partial charge in [-0.05, 0) is 0 Å². The zero-order valence-corrected chi connectivity index (χ0v) is 4.47. The van der Waals surface area contributed by atoms with Crippen molar-refractivity contribution in [3.05, 3.63) is 0 Å². The zero-order chi connectivity index (χ0) is 5.54. The van der Waals surface area contributed by atoms with Gasteiger partial charge in [0.2, 0.25) is 0 Å². The van der Waals surface area contributed by atoms with Crippen LogP contribution in [-0.4, -0.2) is 0 Å². The monoisotopic (exact) mass is 114 g/mol. The molecule has 0 spiro atoms. The summed E-state index contributed by atoms with van der Waals surface area (Å²) in [5, 5.41) is 0. The minimum absolute atomic E-state index is 0.240. The van der Waals surface area contributed by atoms with Crippen LogP contribution in [0.1, 0.15) is 0 Å². The Balaban J connectivity index is 2.77. The van der Waals surface area contributed by atoms with Crippen molar-refractivity contribution >= 4 is 9.03 Å². The van der Waals surface area contributed by atoms with Crippen LogP contribution in [0.15, 0.2) is 0 Å². The third-order valence-corrected chi connectivity index (χ3v) is 0.604. The van der Waals surface area contributed by atoms with Crippen molar-refractivity contribution in [2.75, 3.05) is 0 Å². The first-order valence-corrected chi connectivity index (χ1v) is 2.21. The van der Waals surface area contributed by atoms with Crippen LogP contribution in [0.3, 0.4) is 0 Å². The highest BCUT2D eigenvalue weighted by molar-refractivity contribution is 7.26. The molecule has 0 rings (SSSR count). The smallest absolute Gasteiger partial charge is 0.295 e. The summed E-state index contributed by atoms with van der Waals surface area (Å²) in [4.78, 5) is 0. The van der Waals surface area contributed by atoms with Crippen LogP contribution in [0.25, 0.3) is 0 Å². The molecule has 0 unspecified atom stereocenters. The summed E-state index contributed by atoms with van der Waals surface area (Å²) in [5.74, 6) is 0. The quantitative estimate of drug-likeness (QED) is 0.299. The normalized spacial score (nSPS) is 5.43. The molecule has 0 aliphatic rings. The molecule has 0 bridgehead atoms. The van der Waals surface area contributed by atoms with Crippen molar-refractivity contribution in [2.45, 2.75) is 0 Å². The van der Waals surface area contributed by atoms with Crippen LogP contribution in [0.5, 0.6) is 0 Å². The first kappa shape index (κ1) is 6.15. The molecular formula is C4H3O2P. The third-order valence-electron chi connectivity index (χ3n) is 0.201. The average molecular weight is 114 g/mol. The van der Waals surface area contributed by atoms with Gasteiger partial charge in [-0.2, -0.15) is 0 Å². The first-order chi connectivity index (χ1) is 3.41. The first-order valence-electron chi connectivity index (χ1n) is 1.39. The van der Waals surface area contributed by atoms with E-state index in [1.165, 1.54) is 0 Å². The Morgan fingerprint density at radius 2 is 1.57 bits per heavy atom. The molecule has 0 amide bonds. The van der Waals surface area contributed by atoms with Crippen LogP contribution in [0.4, 0.5) is 0 Å². The van der Waals surface area contributed by atoms with Gasteiger partial charge in [-0.3, -0.25) is 0 Å². The molecule has 0 atom stereocenters. The predicted molar refractivity (Wildman–Crippen MR) is 28.2 cm³/mol. The Morgan fingerprint density at radius 3 is 1.86 bits per heavy atom. The van der Waals surface area contributed by atoms with Gasteiger partial charge in [-0.1, -0.05) is 12.8 Å². The molecule has 3 heteroatoms. The summed E-state index contributed by atoms with van der Waals surface area (Å²) in [6.45, 7) is 0. The van der Waals surface area contributed by atoms with Crippen LogP contribution in [0, 0.1) is 25.1 Å². The second-order valence-electron chi connectivity index (χ2n) is 0.523. The molecule has 0 fully saturated rings. The lowest BCUT2D eigenvalue weighted by molar-refractivity contribution is 0.474. The summed E-state index contributed by atoms with van der Waals surface area (Å²) >= 11 is 0. The van der Waals surface area contributed by atoms with E-state index < -0.39 is 0 Å². The Morgan fingerprint density at radius 1 is 1.14 bits per heavy atom. The molecule has 0 aliphatic carbocycles. The number of hydrogen-bond donors (Lipinski definition) is 0. The summed E-state index contributed by atoms with van der Waals surface area (Å²) < 4.78 is 8.53. The molecule has 7 heavy (non-hydrogen) atoms. The lowest BCUT2D eigenvalue weighted by Gasteiger charge is -1.87. The van der Waals surface area contributed by atoms with Gasteiger partial charge in [0, 0.05) is 0 Å². The Bertz CT molecular complexity index is 93.8. The van der Waals surface area contributed by atoms with E-state index in [9.17, 15) is 0 Å². The maximum absolute atomic E-state index is 4.66. The topological polar surface area (TPSA) is 18.5 Å². The minimum atomic E-state index is -0.240. The lowest BCUT2D eigenvalue weighted by atomic mass is 11.3. The predicted octanol–water partition coefficient (Wildman–Crippen LogP) is 0.710. The van der Waals surface area contributed by atoms with Crippen molar-refractivity contribution in [1.82, 2.24) is 0 Å². The minimum Gasteiger partial charge on any atom is -0.388 e. The molecule has 0 radical (unpaired) electrons. The molecule has 0 N–H and O–H groups in total. The van der Waals surface area contributed by atoms with Gasteiger partial charge in [-0.15, -0.1) is 0 Å². The van der Waals surface area contributed by atoms with Crippen molar-refractivity contribution in [3.63, 3.8) is 0 Å². The van der Waals surface area contributed by atoms with Crippen LogP contribution >= 0.6 is 9.03 Å². The molecule has 0 saturated carbocycles. The van der Waals surface area contributed by atoms with E-state index in [-0.39, 0.29) is 9.03 Å². The van der Waals surface area contributed by atoms with E-state index >= 15 is 0 Å². The number of terminal acetylenes is 2. The molecule has 2 nitrogen and oxygen atoms in total. The van der Waals surface area contributed by atoms with Crippen molar-refractivity contribution in [2.24, 2.45) is 0 Å². The van der Waals surface area contributed by atoms with Crippen LogP contribution in [0.2, 0.25) is 0 Å². The Kier molecular flexibility index (Phi) is 4.52. The van der Waals surface area contributed by atoms with Gasteiger partial charge in [0.05, 0.1) is 0 Å². The fourth-order valence-corrected chi connectivity index (χ4v) is 0.207. The van der Waals surface area contributed by atoms with Crippen LogP contribution < -0.4 is 0 Å². The van der Waals surface area contributed by atoms with Crippen LogP contribution in [-0.2, 0) is 9.05 Å². The molecular weight excluding hydrogens is 111 g/mol. The van der Waals surface area contributed by atoms with E-state index in [2.05, 4.69) is 21.9 Å². The van der Waals surface area contributed by atoms with Gasteiger partial charge in [0.1, 0.15) is 12.2 Å². The standard InChI is InChI=1S/C4H3O2P/c1-3-5-7-6-4-2/h1-2,7H. The van der Waals surface area contributed by atoms with E-state index in [1.54, 1.807) is 0 Å². The lowest BCUT2D eigenvalue weighted by Crippen LogP contribution is -1.60. The second kappa shape index (κ2) is 5.15. The van der Waals surface area contributed by atoms with Gasteiger partial charge in [0.25, 0.3) is 9.03 Å². The van der Waals surface area contributed by atoms with Crippen molar-refractivity contribution in [1.29, 1.82) is 0 Å². The SMILES string of the molecule is C#COPOC#C. The molecule has 0 heterocycles.